The Labute approximate surface area is 194 Å². The molecule has 2 rings (SSSR count). The zero-order valence-corrected chi connectivity index (χ0v) is 20.1. The fourth-order valence-corrected chi connectivity index (χ4v) is 3.87. The molecule has 2 aromatic rings. The maximum atomic E-state index is 13.1. The number of carbonyl (C=O) groups is 2. The minimum atomic E-state index is -0.566. The van der Waals surface area contributed by atoms with Gasteiger partial charge in [0.15, 0.2) is 0 Å². The molecule has 2 unspecified atom stereocenters. The Hall–Kier alpha value is -2.18. The van der Waals surface area contributed by atoms with Crippen LogP contribution >= 0.6 is 23.4 Å². The molecule has 0 aliphatic heterocycles. The molecule has 0 bridgehead atoms. The summed E-state index contributed by atoms with van der Waals surface area (Å²) >= 11 is 7.53. The lowest BCUT2D eigenvalue weighted by molar-refractivity contribution is -0.140. The molecule has 7 heteroatoms. The molecule has 0 aliphatic carbocycles. The van der Waals surface area contributed by atoms with Crippen LogP contribution in [0.2, 0.25) is 5.02 Å². The first kappa shape index (κ1) is 25.1. The average Bonchev–Trinajstić information content (AvgIpc) is 2.78. The molecule has 0 fully saturated rings. The van der Waals surface area contributed by atoms with Gasteiger partial charge in [0.25, 0.3) is 0 Å². The highest BCUT2D eigenvalue weighted by Crippen LogP contribution is 2.22. The van der Waals surface area contributed by atoms with Crippen molar-refractivity contribution in [2.75, 3.05) is 12.9 Å². The van der Waals surface area contributed by atoms with E-state index in [0.717, 1.165) is 22.6 Å². The van der Waals surface area contributed by atoms with E-state index in [1.165, 1.54) is 0 Å². The normalized spacial score (nSPS) is 12.7. The summed E-state index contributed by atoms with van der Waals surface area (Å²) in [6.07, 6.45) is 1.17. The Kier molecular flexibility index (Phi) is 10.2. The maximum Gasteiger partial charge on any atom is 0.242 e. The first-order chi connectivity index (χ1) is 14.8. The van der Waals surface area contributed by atoms with E-state index in [0.29, 0.717) is 23.7 Å². The second kappa shape index (κ2) is 12.6. The Balaban J connectivity index is 2.07. The van der Waals surface area contributed by atoms with Gasteiger partial charge in [-0.15, -0.1) is 11.8 Å². The molecule has 0 saturated carbocycles. The SMILES string of the molecule is CCC(C)NC(=O)C(C)N(Cc1ccc(OC)cc1)C(=O)CCSc1ccc(Cl)cc1. The van der Waals surface area contributed by atoms with Gasteiger partial charge < -0.3 is 15.0 Å². The number of benzene rings is 2. The molecule has 5 nitrogen and oxygen atoms in total. The van der Waals surface area contributed by atoms with E-state index in [9.17, 15) is 9.59 Å². The number of amides is 2. The molecule has 0 aliphatic rings. The summed E-state index contributed by atoms with van der Waals surface area (Å²) in [5, 5.41) is 3.67. The van der Waals surface area contributed by atoms with Crippen LogP contribution in [-0.4, -0.2) is 41.7 Å². The second-order valence-electron chi connectivity index (χ2n) is 7.42. The Morgan fingerprint density at radius 1 is 1.10 bits per heavy atom. The average molecular weight is 463 g/mol. The fraction of sp³-hybridized carbons (Fsp3) is 0.417. The number of thioether (sulfide) groups is 1. The third kappa shape index (κ3) is 8.11. The number of carbonyl (C=O) groups excluding carboxylic acids is 2. The predicted octanol–water partition coefficient (Wildman–Crippen LogP) is 5.16. The van der Waals surface area contributed by atoms with Crippen molar-refractivity contribution in [2.24, 2.45) is 0 Å². The number of hydrogen-bond donors (Lipinski definition) is 1. The van der Waals surface area contributed by atoms with Crippen molar-refractivity contribution in [2.45, 2.75) is 57.1 Å². The van der Waals surface area contributed by atoms with Crippen molar-refractivity contribution in [1.82, 2.24) is 10.2 Å². The number of hydrogen-bond acceptors (Lipinski definition) is 4. The van der Waals surface area contributed by atoms with Crippen LogP contribution in [0.3, 0.4) is 0 Å². The van der Waals surface area contributed by atoms with E-state index >= 15 is 0 Å². The van der Waals surface area contributed by atoms with Crippen molar-refractivity contribution in [3.05, 3.63) is 59.1 Å². The van der Waals surface area contributed by atoms with E-state index in [2.05, 4.69) is 5.32 Å². The van der Waals surface area contributed by atoms with Gasteiger partial charge in [0.2, 0.25) is 11.8 Å². The molecule has 2 amide bonds. The van der Waals surface area contributed by atoms with Gasteiger partial charge in [-0.2, -0.15) is 0 Å². The highest BCUT2D eigenvalue weighted by atomic mass is 35.5. The first-order valence-electron chi connectivity index (χ1n) is 10.4. The minimum Gasteiger partial charge on any atom is -0.497 e. The van der Waals surface area contributed by atoms with Gasteiger partial charge in [0, 0.05) is 34.7 Å². The van der Waals surface area contributed by atoms with Crippen LogP contribution in [0.1, 0.15) is 39.2 Å². The summed E-state index contributed by atoms with van der Waals surface area (Å²) in [6, 6.07) is 14.6. The largest absolute Gasteiger partial charge is 0.497 e. The predicted molar refractivity (Wildman–Crippen MR) is 128 cm³/mol. The zero-order valence-electron chi connectivity index (χ0n) is 18.6. The lowest BCUT2D eigenvalue weighted by atomic mass is 10.1. The van der Waals surface area contributed by atoms with Crippen LogP contribution in [-0.2, 0) is 16.1 Å². The second-order valence-corrected chi connectivity index (χ2v) is 9.02. The molecule has 0 heterocycles. The summed E-state index contributed by atoms with van der Waals surface area (Å²) in [4.78, 5) is 28.5. The molecule has 2 atom stereocenters. The molecule has 0 aromatic heterocycles. The standard InChI is InChI=1S/C24H31ClN2O3S/c1-5-17(2)26-24(29)18(3)27(16-19-6-10-21(30-4)11-7-19)23(28)14-15-31-22-12-8-20(25)9-13-22/h6-13,17-18H,5,14-16H2,1-4H3,(H,26,29). The first-order valence-corrected chi connectivity index (χ1v) is 11.8. The topological polar surface area (TPSA) is 58.6 Å². The van der Waals surface area contributed by atoms with E-state index in [1.54, 1.807) is 30.7 Å². The molecular formula is C24H31ClN2O3S. The summed E-state index contributed by atoms with van der Waals surface area (Å²) in [6.45, 7) is 6.13. The number of halogens is 1. The summed E-state index contributed by atoms with van der Waals surface area (Å²) in [5.74, 6) is 1.19. The van der Waals surface area contributed by atoms with Gasteiger partial charge in [-0.05, 0) is 62.2 Å². The molecule has 168 valence electrons. The Bertz CT molecular complexity index is 843. The molecule has 1 N–H and O–H groups in total. The number of methoxy groups -OCH3 is 1. The lowest BCUT2D eigenvalue weighted by Crippen LogP contribution is -2.49. The van der Waals surface area contributed by atoms with Crippen LogP contribution in [0.15, 0.2) is 53.4 Å². The highest BCUT2D eigenvalue weighted by molar-refractivity contribution is 7.99. The van der Waals surface area contributed by atoms with Crippen molar-refractivity contribution in [1.29, 1.82) is 0 Å². The highest BCUT2D eigenvalue weighted by Gasteiger charge is 2.26. The van der Waals surface area contributed by atoms with Crippen LogP contribution < -0.4 is 10.1 Å². The smallest absolute Gasteiger partial charge is 0.242 e. The molecule has 31 heavy (non-hydrogen) atoms. The zero-order chi connectivity index (χ0) is 22.8. The third-order valence-corrected chi connectivity index (χ3v) is 6.34. The van der Waals surface area contributed by atoms with Gasteiger partial charge in [0.05, 0.1) is 7.11 Å². The van der Waals surface area contributed by atoms with Gasteiger partial charge in [0.1, 0.15) is 11.8 Å². The summed E-state index contributed by atoms with van der Waals surface area (Å²) in [7, 11) is 1.62. The van der Waals surface area contributed by atoms with Gasteiger partial charge in [-0.25, -0.2) is 0 Å². The van der Waals surface area contributed by atoms with E-state index < -0.39 is 6.04 Å². The number of nitrogens with one attached hydrogen (secondary N) is 1. The maximum absolute atomic E-state index is 13.1. The van der Waals surface area contributed by atoms with Crippen molar-refractivity contribution < 1.29 is 14.3 Å². The summed E-state index contributed by atoms with van der Waals surface area (Å²) in [5.41, 5.74) is 0.947. The van der Waals surface area contributed by atoms with Gasteiger partial charge in [-0.3, -0.25) is 9.59 Å². The molecule has 0 spiro atoms. The number of nitrogens with zero attached hydrogens (tertiary/aromatic N) is 1. The molecule has 0 radical (unpaired) electrons. The third-order valence-electron chi connectivity index (χ3n) is 5.08. The van der Waals surface area contributed by atoms with E-state index in [4.69, 9.17) is 16.3 Å². The Morgan fingerprint density at radius 3 is 2.32 bits per heavy atom. The molecular weight excluding hydrogens is 432 g/mol. The molecule has 2 aromatic carbocycles. The van der Waals surface area contributed by atoms with Crippen molar-refractivity contribution in [3.63, 3.8) is 0 Å². The minimum absolute atomic E-state index is 0.0518. The van der Waals surface area contributed by atoms with Crippen LogP contribution in [0.4, 0.5) is 0 Å². The van der Waals surface area contributed by atoms with Crippen LogP contribution in [0, 0.1) is 0 Å². The lowest BCUT2D eigenvalue weighted by Gasteiger charge is -2.29. The monoisotopic (exact) mass is 462 g/mol. The van der Waals surface area contributed by atoms with Crippen molar-refractivity contribution >= 4 is 35.2 Å². The van der Waals surface area contributed by atoms with Crippen LogP contribution in [0.5, 0.6) is 5.75 Å². The van der Waals surface area contributed by atoms with E-state index in [1.807, 2.05) is 62.4 Å². The molecule has 0 saturated heterocycles. The Morgan fingerprint density at radius 2 is 1.74 bits per heavy atom. The van der Waals surface area contributed by atoms with Gasteiger partial charge >= 0.3 is 0 Å². The number of rotatable bonds is 11. The van der Waals surface area contributed by atoms with Gasteiger partial charge in [-0.1, -0.05) is 30.7 Å². The fourth-order valence-electron chi connectivity index (χ4n) is 2.91. The summed E-state index contributed by atoms with van der Waals surface area (Å²) < 4.78 is 5.21. The van der Waals surface area contributed by atoms with Crippen LogP contribution in [0.25, 0.3) is 0 Å². The quantitative estimate of drug-likeness (QED) is 0.468. The van der Waals surface area contributed by atoms with Crippen molar-refractivity contribution in [3.8, 4) is 5.75 Å². The number of ether oxygens (including phenoxy) is 1. The van der Waals surface area contributed by atoms with E-state index in [-0.39, 0.29) is 17.9 Å².